The Morgan fingerprint density at radius 3 is 2.61 bits per heavy atom. The molecule has 0 bridgehead atoms. The second kappa shape index (κ2) is 8.34. The fraction of sp³-hybridized carbons (Fsp3) is 0.333. The SMILES string of the molecule is COc1ccc(CNC(=O)c2c(N3CCCC3=O)c3cc(C)ccc3n2C)c(OC)c1. The second-order valence-corrected chi connectivity index (χ2v) is 7.79. The maximum atomic E-state index is 13.4. The molecular formula is C24H27N3O4. The van der Waals surface area contributed by atoms with Gasteiger partial charge in [0.25, 0.3) is 5.91 Å². The zero-order valence-electron chi connectivity index (χ0n) is 18.3. The van der Waals surface area contributed by atoms with E-state index in [9.17, 15) is 9.59 Å². The fourth-order valence-electron chi connectivity index (χ4n) is 4.21. The molecule has 0 spiro atoms. The molecule has 2 amide bonds. The number of nitrogens with zero attached hydrogens (tertiary/aromatic N) is 2. The Bertz CT molecular complexity index is 1170. The van der Waals surface area contributed by atoms with Crippen molar-refractivity contribution in [1.29, 1.82) is 0 Å². The lowest BCUT2D eigenvalue weighted by Crippen LogP contribution is -2.30. The maximum Gasteiger partial charge on any atom is 0.270 e. The van der Waals surface area contributed by atoms with Crippen LogP contribution in [0.2, 0.25) is 0 Å². The summed E-state index contributed by atoms with van der Waals surface area (Å²) in [7, 11) is 5.05. The molecule has 1 N–H and O–H groups in total. The molecule has 0 radical (unpaired) electrons. The van der Waals surface area contributed by atoms with E-state index in [1.807, 2.05) is 48.9 Å². The van der Waals surface area contributed by atoms with Gasteiger partial charge in [0.2, 0.25) is 5.91 Å². The number of ether oxygens (including phenoxy) is 2. The quantitative estimate of drug-likeness (QED) is 0.661. The average molecular weight is 421 g/mol. The van der Waals surface area contributed by atoms with Crippen LogP contribution in [0.3, 0.4) is 0 Å². The lowest BCUT2D eigenvalue weighted by Gasteiger charge is -2.18. The maximum absolute atomic E-state index is 13.4. The van der Waals surface area contributed by atoms with E-state index in [0.29, 0.717) is 42.4 Å². The highest BCUT2D eigenvalue weighted by Gasteiger charge is 2.31. The average Bonchev–Trinajstić information content (AvgIpc) is 3.31. The number of methoxy groups -OCH3 is 2. The summed E-state index contributed by atoms with van der Waals surface area (Å²) in [5.74, 6) is 1.15. The van der Waals surface area contributed by atoms with Gasteiger partial charge < -0.3 is 24.3 Å². The molecule has 0 unspecified atom stereocenters. The summed E-state index contributed by atoms with van der Waals surface area (Å²) in [5, 5.41) is 3.93. The Morgan fingerprint density at radius 1 is 1.13 bits per heavy atom. The van der Waals surface area contributed by atoms with Crippen LogP contribution in [0.5, 0.6) is 11.5 Å². The third-order valence-corrected chi connectivity index (χ3v) is 5.82. The standard InChI is InChI=1S/C24H27N3O4/c1-15-7-10-19-18(12-15)22(27-11-5-6-21(27)28)23(26(19)2)24(29)25-14-16-8-9-17(30-3)13-20(16)31-4/h7-10,12-13H,5-6,11,14H2,1-4H3,(H,25,29). The van der Waals surface area contributed by atoms with Crippen molar-refractivity contribution >= 4 is 28.4 Å². The molecule has 1 saturated heterocycles. The predicted octanol–water partition coefficient (Wildman–Crippen LogP) is 3.56. The number of fused-ring (bicyclic) bond motifs is 1. The van der Waals surface area contributed by atoms with Gasteiger partial charge in [-0.2, -0.15) is 0 Å². The lowest BCUT2D eigenvalue weighted by molar-refractivity contribution is -0.117. The van der Waals surface area contributed by atoms with Crippen molar-refractivity contribution in [2.45, 2.75) is 26.3 Å². The lowest BCUT2D eigenvalue weighted by atomic mass is 10.1. The summed E-state index contributed by atoms with van der Waals surface area (Å²) in [6.45, 7) is 2.93. The second-order valence-electron chi connectivity index (χ2n) is 7.79. The highest BCUT2D eigenvalue weighted by atomic mass is 16.5. The molecule has 1 aromatic heterocycles. The minimum Gasteiger partial charge on any atom is -0.497 e. The van der Waals surface area contributed by atoms with E-state index >= 15 is 0 Å². The van der Waals surface area contributed by atoms with Crippen LogP contribution in [0, 0.1) is 6.92 Å². The molecule has 2 heterocycles. The van der Waals surface area contributed by atoms with Crippen LogP contribution >= 0.6 is 0 Å². The van der Waals surface area contributed by atoms with E-state index in [1.54, 1.807) is 25.2 Å². The Kier molecular flexibility index (Phi) is 5.59. The zero-order chi connectivity index (χ0) is 22.1. The summed E-state index contributed by atoms with van der Waals surface area (Å²) >= 11 is 0. The first-order valence-corrected chi connectivity index (χ1v) is 10.3. The van der Waals surface area contributed by atoms with E-state index in [2.05, 4.69) is 5.32 Å². The number of aromatic nitrogens is 1. The Morgan fingerprint density at radius 2 is 1.94 bits per heavy atom. The highest BCUT2D eigenvalue weighted by Crippen LogP contribution is 2.36. The van der Waals surface area contributed by atoms with Crippen molar-refractivity contribution < 1.29 is 19.1 Å². The third kappa shape index (κ3) is 3.71. The monoisotopic (exact) mass is 421 g/mol. The van der Waals surface area contributed by atoms with Gasteiger partial charge in [-0.1, -0.05) is 11.6 Å². The van der Waals surface area contributed by atoms with E-state index in [-0.39, 0.29) is 11.8 Å². The first-order valence-electron chi connectivity index (χ1n) is 10.3. The van der Waals surface area contributed by atoms with Crippen molar-refractivity contribution in [2.24, 2.45) is 7.05 Å². The van der Waals surface area contributed by atoms with Crippen LogP contribution in [-0.4, -0.2) is 37.1 Å². The van der Waals surface area contributed by atoms with Crippen LogP contribution in [0.1, 0.15) is 34.5 Å². The Hall–Kier alpha value is -3.48. The Balaban J connectivity index is 1.71. The summed E-state index contributed by atoms with van der Waals surface area (Å²) in [6.07, 6.45) is 1.30. The molecule has 3 aromatic rings. The number of amides is 2. The van der Waals surface area contributed by atoms with E-state index in [1.165, 1.54) is 0 Å². The Labute approximate surface area is 181 Å². The molecule has 2 aromatic carbocycles. The van der Waals surface area contributed by atoms with Gasteiger partial charge in [-0.3, -0.25) is 9.59 Å². The summed E-state index contributed by atoms with van der Waals surface area (Å²) in [4.78, 5) is 27.7. The van der Waals surface area contributed by atoms with Crippen molar-refractivity contribution in [2.75, 3.05) is 25.7 Å². The number of benzene rings is 2. The van der Waals surface area contributed by atoms with Crippen molar-refractivity contribution in [3.05, 3.63) is 53.2 Å². The molecule has 1 aliphatic rings. The first-order chi connectivity index (χ1) is 14.9. The van der Waals surface area contributed by atoms with Gasteiger partial charge in [0.1, 0.15) is 17.2 Å². The molecule has 31 heavy (non-hydrogen) atoms. The molecule has 0 aliphatic carbocycles. The number of rotatable bonds is 6. The number of hydrogen-bond acceptors (Lipinski definition) is 4. The minimum absolute atomic E-state index is 0.0554. The zero-order valence-corrected chi connectivity index (χ0v) is 18.3. The molecule has 162 valence electrons. The fourth-order valence-corrected chi connectivity index (χ4v) is 4.21. The molecule has 1 aliphatic heterocycles. The van der Waals surface area contributed by atoms with Crippen LogP contribution in [0.4, 0.5) is 5.69 Å². The first kappa shape index (κ1) is 20.8. The number of anilines is 1. The molecule has 7 nitrogen and oxygen atoms in total. The van der Waals surface area contributed by atoms with Crippen LogP contribution in [0.25, 0.3) is 10.9 Å². The smallest absolute Gasteiger partial charge is 0.270 e. The van der Waals surface area contributed by atoms with Gasteiger partial charge in [-0.25, -0.2) is 0 Å². The summed E-state index contributed by atoms with van der Waals surface area (Å²) < 4.78 is 12.6. The topological polar surface area (TPSA) is 72.8 Å². The molecule has 0 atom stereocenters. The van der Waals surface area contributed by atoms with Crippen LogP contribution in [-0.2, 0) is 18.4 Å². The number of carbonyl (C=O) groups excluding carboxylic acids is 2. The minimum atomic E-state index is -0.232. The molecule has 4 rings (SSSR count). The summed E-state index contributed by atoms with van der Waals surface area (Å²) in [5.41, 5.74) is 4.03. The predicted molar refractivity (Wildman–Crippen MR) is 120 cm³/mol. The third-order valence-electron chi connectivity index (χ3n) is 5.82. The van der Waals surface area contributed by atoms with Gasteiger partial charge >= 0.3 is 0 Å². The van der Waals surface area contributed by atoms with Crippen LogP contribution < -0.4 is 19.7 Å². The molecule has 0 saturated carbocycles. The number of hydrogen-bond donors (Lipinski definition) is 1. The van der Waals surface area contributed by atoms with Gasteiger partial charge in [-0.15, -0.1) is 0 Å². The van der Waals surface area contributed by atoms with E-state index in [4.69, 9.17) is 9.47 Å². The van der Waals surface area contributed by atoms with Gasteiger partial charge in [0, 0.05) is 43.6 Å². The van der Waals surface area contributed by atoms with E-state index in [0.717, 1.165) is 28.5 Å². The number of aryl methyl sites for hydroxylation is 2. The molecular weight excluding hydrogens is 394 g/mol. The van der Waals surface area contributed by atoms with Crippen LogP contribution in [0.15, 0.2) is 36.4 Å². The van der Waals surface area contributed by atoms with E-state index < -0.39 is 0 Å². The normalized spacial score (nSPS) is 13.7. The van der Waals surface area contributed by atoms with Crippen molar-refractivity contribution in [3.8, 4) is 11.5 Å². The largest absolute Gasteiger partial charge is 0.497 e. The molecule has 1 fully saturated rings. The van der Waals surface area contributed by atoms with Gasteiger partial charge in [0.05, 0.1) is 25.4 Å². The van der Waals surface area contributed by atoms with Crippen molar-refractivity contribution in [1.82, 2.24) is 9.88 Å². The number of nitrogens with one attached hydrogen (secondary N) is 1. The number of carbonyl (C=O) groups is 2. The van der Waals surface area contributed by atoms with Gasteiger partial charge in [0.15, 0.2) is 0 Å². The highest BCUT2D eigenvalue weighted by molar-refractivity contribution is 6.14. The summed E-state index contributed by atoms with van der Waals surface area (Å²) in [6, 6.07) is 11.5. The van der Waals surface area contributed by atoms with Crippen molar-refractivity contribution in [3.63, 3.8) is 0 Å². The van der Waals surface area contributed by atoms with Gasteiger partial charge in [-0.05, 0) is 37.6 Å². The molecule has 7 heteroatoms.